The van der Waals surface area contributed by atoms with Crippen molar-refractivity contribution in [1.82, 2.24) is 5.32 Å². The molecule has 0 spiro atoms. The molecular formula is C22H27FN2. The van der Waals surface area contributed by atoms with Gasteiger partial charge >= 0.3 is 0 Å². The van der Waals surface area contributed by atoms with Gasteiger partial charge in [0.1, 0.15) is 5.83 Å². The number of likely N-dealkylation sites (N-methyl/N-ethyl adjacent to an activating group) is 1. The molecule has 1 unspecified atom stereocenters. The average molecular weight is 338 g/mol. The summed E-state index contributed by atoms with van der Waals surface area (Å²) in [5.74, 6) is -0.321. The van der Waals surface area contributed by atoms with Crippen molar-refractivity contribution in [3.8, 4) is 0 Å². The Labute approximate surface area is 150 Å². The quantitative estimate of drug-likeness (QED) is 0.348. The molecule has 0 aromatic carbocycles. The summed E-state index contributed by atoms with van der Waals surface area (Å²) in [7, 11) is 1.75. The minimum atomic E-state index is -0.355. The highest BCUT2D eigenvalue weighted by Crippen LogP contribution is 2.31. The van der Waals surface area contributed by atoms with Crippen LogP contribution < -0.4 is 5.32 Å². The van der Waals surface area contributed by atoms with Crippen molar-refractivity contribution in [2.75, 3.05) is 13.6 Å². The highest BCUT2D eigenvalue weighted by atomic mass is 19.1. The number of rotatable bonds is 8. The predicted octanol–water partition coefficient (Wildman–Crippen LogP) is 5.37. The SMILES string of the molecule is C=C=C(CNC)C(F)=CC=CC(C)C(=CC=N)C1=C(C)C(=C)CC=C1. The van der Waals surface area contributed by atoms with Crippen molar-refractivity contribution in [2.24, 2.45) is 5.92 Å². The van der Waals surface area contributed by atoms with Gasteiger partial charge in [0, 0.05) is 18.3 Å². The minimum Gasteiger partial charge on any atom is -0.315 e. The summed E-state index contributed by atoms with van der Waals surface area (Å²) in [4.78, 5) is 0. The molecule has 2 nitrogen and oxygen atoms in total. The first kappa shape index (κ1) is 20.6. The van der Waals surface area contributed by atoms with E-state index in [9.17, 15) is 4.39 Å². The van der Waals surface area contributed by atoms with E-state index in [1.54, 1.807) is 19.2 Å². The van der Waals surface area contributed by atoms with Crippen LogP contribution in [0.4, 0.5) is 4.39 Å². The zero-order valence-electron chi connectivity index (χ0n) is 15.3. The van der Waals surface area contributed by atoms with E-state index in [2.05, 4.69) is 36.4 Å². The molecule has 1 aliphatic rings. The second-order valence-electron chi connectivity index (χ2n) is 5.91. The van der Waals surface area contributed by atoms with Crippen LogP contribution in [0, 0.1) is 11.3 Å². The van der Waals surface area contributed by atoms with Gasteiger partial charge in [-0.05, 0) is 60.8 Å². The molecule has 2 N–H and O–H groups in total. The lowest BCUT2D eigenvalue weighted by Crippen LogP contribution is -2.10. The second kappa shape index (κ2) is 10.4. The number of nitrogens with one attached hydrogen (secondary N) is 2. The lowest BCUT2D eigenvalue weighted by molar-refractivity contribution is 0.639. The van der Waals surface area contributed by atoms with Gasteiger partial charge in [0.15, 0.2) is 0 Å². The molecule has 0 saturated heterocycles. The van der Waals surface area contributed by atoms with Crippen LogP contribution in [0.1, 0.15) is 20.3 Å². The van der Waals surface area contributed by atoms with Crippen LogP contribution in [0.2, 0.25) is 0 Å². The summed E-state index contributed by atoms with van der Waals surface area (Å²) in [5, 5.41) is 10.3. The highest BCUT2D eigenvalue weighted by molar-refractivity contribution is 5.72. The van der Waals surface area contributed by atoms with Crippen LogP contribution in [0.5, 0.6) is 0 Å². The predicted molar refractivity (Wildman–Crippen MR) is 107 cm³/mol. The average Bonchev–Trinajstić information content (AvgIpc) is 2.60. The maximum atomic E-state index is 14.1. The molecule has 0 fully saturated rings. The number of hydrogen-bond donors (Lipinski definition) is 2. The van der Waals surface area contributed by atoms with E-state index in [-0.39, 0.29) is 11.7 Å². The third-order valence-corrected chi connectivity index (χ3v) is 4.15. The molecule has 0 heterocycles. The van der Waals surface area contributed by atoms with Crippen LogP contribution in [-0.4, -0.2) is 19.8 Å². The Morgan fingerprint density at radius 3 is 2.80 bits per heavy atom. The standard InChI is InChI=1S/C22H27FN2/c1-6-19(15-25-5)22(23)12-8-10-17(3)20(13-14-24)21-11-7-9-16(2)18(21)4/h7-8,10-14,17,24-25H,1-2,9,15H2,3-5H3. The molecule has 0 saturated carbocycles. The van der Waals surface area contributed by atoms with E-state index in [1.807, 2.05) is 19.9 Å². The maximum absolute atomic E-state index is 14.1. The summed E-state index contributed by atoms with van der Waals surface area (Å²) < 4.78 is 14.1. The van der Waals surface area contributed by atoms with Gasteiger partial charge in [-0.2, -0.15) is 0 Å². The monoisotopic (exact) mass is 338 g/mol. The molecule has 0 aliphatic heterocycles. The molecule has 1 rings (SSSR count). The fourth-order valence-corrected chi connectivity index (χ4v) is 2.60. The van der Waals surface area contributed by atoms with E-state index in [0.29, 0.717) is 12.1 Å². The van der Waals surface area contributed by atoms with Crippen LogP contribution >= 0.6 is 0 Å². The van der Waals surface area contributed by atoms with Gasteiger partial charge in [-0.1, -0.05) is 44.4 Å². The van der Waals surface area contributed by atoms with Crippen molar-refractivity contribution >= 4 is 6.21 Å². The molecule has 132 valence electrons. The Hall–Kier alpha value is -2.48. The lowest BCUT2D eigenvalue weighted by atomic mass is 9.84. The van der Waals surface area contributed by atoms with Crippen molar-refractivity contribution < 1.29 is 4.39 Å². The lowest BCUT2D eigenvalue weighted by Gasteiger charge is -2.20. The molecule has 0 bridgehead atoms. The van der Waals surface area contributed by atoms with Crippen LogP contribution in [0.3, 0.4) is 0 Å². The van der Waals surface area contributed by atoms with Crippen molar-refractivity contribution in [2.45, 2.75) is 20.3 Å². The fraction of sp³-hybridized carbons (Fsp3) is 0.273. The van der Waals surface area contributed by atoms with Gasteiger partial charge in [0.25, 0.3) is 0 Å². The van der Waals surface area contributed by atoms with Crippen LogP contribution in [-0.2, 0) is 0 Å². The summed E-state index contributed by atoms with van der Waals surface area (Å²) in [6.45, 7) is 12.1. The molecule has 3 heteroatoms. The third-order valence-electron chi connectivity index (χ3n) is 4.15. The van der Waals surface area contributed by atoms with Gasteiger partial charge in [-0.3, -0.25) is 0 Å². The van der Waals surface area contributed by atoms with E-state index in [4.69, 9.17) is 5.41 Å². The van der Waals surface area contributed by atoms with Gasteiger partial charge in [0.05, 0.1) is 0 Å². The van der Waals surface area contributed by atoms with Crippen molar-refractivity contribution in [1.29, 1.82) is 5.41 Å². The summed E-state index contributed by atoms with van der Waals surface area (Å²) >= 11 is 0. The Kier molecular flexibility index (Phi) is 8.55. The van der Waals surface area contributed by atoms with Gasteiger partial charge in [-0.15, -0.1) is 5.73 Å². The summed E-state index contributed by atoms with van der Waals surface area (Å²) in [6, 6.07) is 0. The molecule has 0 aromatic heterocycles. The van der Waals surface area contributed by atoms with Gasteiger partial charge in [-0.25, -0.2) is 4.39 Å². The summed E-state index contributed by atoms with van der Waals surface area (Å²) in [5.41, 5.74) is 7.34. The first-order valence-corrected chi connectivity index (χ1v) is 8.30. The third kappa shape index (κ3) is 5.82. The topological polar surface area (TPSA) is 35.9 Å². The molecule has 25 heavy (non-hydrogen) atoms. The molecule has 1 aliphatic carbocycles. The Bertz CT molecular complexity index is 723. The normalized spacial score (nSPS) is 17.0. The van der Waals surface area contributed by atoms with E-state index in [0.717, 1.165) is 28.7 Å². The van der Waals surface area contributed by atoms with E-state index >= 15 is 0 Å². The smallest absolute Gasteiger partial charge is 0.135 e. The van der Waals surface area contributed by atoms with Gasteiger partial charge < -0.3 is 10.7 Å². The fourth-order valence-electron chi connectivity index (χ4n) is 2.60. The highest BCUT2D eigenvalue weighted by Gasteiger charge is 2.15. The largest absolute Gasteiger partial charge is 0.315 e. The second-order valence-corrected chi connectivity index (χ2v) is 5.91. The van der Waals surface area contributed by atoms with E-state index in [1.165, 1.54) is 12.3 Å². The molecule has 0 radical (unpaired) electrons. The van der Waals surface area contributed by atoms with Gasteiger partial charge in [0.2, 0.25) is 0 Å². The summed E-state index contributed by atoms with van der Waals surface area (Å²) in [6.07, 6.45) is 13.1. The van der Waals surface area contributed by atoms with Crippen molar-refractivity contribution in [3.63, 3.8) is 0 Å². The van der Waals surface area contributed by atoms with Crippen LogP contribution in [0.25, 0.3) is 0 Å². The Balaban J connectivity index is 3.04. The molecular weight excluding hydrogens is 311 g/mol. The van der Waals surface area contributed by atoms with Crippen LogP contribution in [0.15, 0.2) is 89.0 Å². The minimum absolute atomic E-state index is 0.0339. The van der Waals surface area contributed by atoms with E-state index < -0.39 is 0 Å². The zero-order valence-corrected chi connectivity index (χ0v) is 15.3. The zero-order chi connectivity index (χ0) is 18.8. The molecule has 1 atom stereocenters. The molecule has 0 amide bonds. The Morgan fingerprint density at radius 1 is 1.48 bits per heavy atom. The number of allylic oxidation sites excluding steroid dienone is 10. The molecule has 0 aromatic rings. The Morgan fingerprint density at radius 2 is 2.20 bits per heavy atom. The first-order chi connectivity index (χ1) is 12.0. The first-order valence-electron chi connectivity index (χ1n) is 8.30. The maximum Gasteiger partial charge on any atom is 0.135 e. The van der Waals surface area contributed by atoms with Crippen molar-refractivity contribution in [3.05, 3.63) is 89.0 Å². The number of halogens is 1. The number of hydrogen-bond acceptors (Lipinski definition) is 2.